The van der Waals surface area contributed by atoms with Crippen LogP contribution in [0.5, 0.6) is 0 Å². The molecule has 122 valence electrons. The van der Waals surface area contributed by atoms with Crippen molar-refractivity contribution in [3.05, 3.63) is 10.6 Å². The Morgan fingerprint density at radius 2 is 2.00 bits per heavy atom. The number of anilines is 1. The van der Waals surface area contributed by atoms with Crippen LogP contribution in [0.15, 0.2) is 0 Å². The number of hydrogen-bond donors (Lipinski definition) is 1. The zero-order valence-electron chi connectivity index (χ0n) is 13.9. The van der Waals surface area contributed by atoms with E-state index in [1.165, 1.54) is 10.6 Å². The molecule has 0 fully saturated rings. The van der Waals surface area contributed by atoms with E-state index in [1.807, 2.05) is 0 Å². The Balaban J connectivity index is 2.75. The molecule has 0 spiro atoms. The zero-order chi connectivity index (χ0) is 15.7. The number of hydrogen-bond acceptors (Lipinski definition) is 6. The fraction of sp³-hybridized carbons (Fsp3) is 0.800. The van der Waals surface area contributed by atoms with Gasteiger partial charge in [0.25, 0.3) is 0 Å². The first-order chi connectivity index (χ1) is 10.1. The summed E-state index contributed by atoms with van der Waals surface area (Å²) in [5.41, 5.74) is 1.23. The molecular formula is C15H29N3O2S. The van der Waals surface area contributed by atoms with Crippen LogP contribution < -0.4 is 10.2 Å². The van der Waals surface area contributed by atoms with Crippen LogP contribution in [0.3, 0.4) is 0 Å². The molecule has 0 aromatic carbocycles. The Kier molecular flexibility index (Phi) is 8.84. The first-order valence-corrected chi connectivity index (χ1v) is 8.34. The second-order valence-electron chi connectivity index (χ2n) is 5.20. The summed E-state index contributed by atoms with van der Waals surface area (Å²) < 4.78 is 10.2. The van der Waals surface area contributed by atoms with Gasteiger partial charge in [0.05, 0.1) is 18.9 Å². The largest absolute Gasteiger partial charge is 0.383 e. The van der Waals surface area contributed by atoms with Crippen molar-refractivity contribution in [2.24, 2.45) is 0 Å². The summed E-state index contributed by atoms with van der Waals surface area (Å²) >= 11 is 1.78. The fourth-order valence-electron chi connectivity index (χ4n) is 1.92. The lowest BCUT2D eigenvalue weighted by Gasteiger charge is -2.14. The van der Waals surface area contributed by atoms with E-state index in [2.05, 4.69) is 31.1 Å². The first kappa shape index (κ1) is 18.4. The number of rotatable bonds is 11. The quantitative estimate of drug-likeness (QED) is 0.636. The molecule has 6 heteroatoms. The number of aromatic nitrogens is 1. The van der Waals surface area contributed by atoms with Crippen molar-refractivity contribution in [2.75, 3.05) is 52.5 Å². The third-order valence-electron chi connectivity index (χ3n) is 3.52. The maximum absolute atomic E-state index is 5.14. The van der Waals surface area contributed by atoms with Crippen molar-refractivity contribution in [2.45, 2.75) is 32.7 Å². The molecule has 1 atom stereocenters. The van der Waals surface area contributed by atoms with E-state index in [1.54, 1.807) is 25.6 Å². The van der Waals surface area contributed by atoms with Gasteiger partial charge in [-0.15, -0.1) is 11.3 Å². The van der Waals surface area contributed by atoms with Crippen LogP contribution in [0, 0.1) is 0 Å². The van der Waals surface area contributed by atoms with Crippen LogP contribution in [0.4, 0.5) is 5.13 Å². The van der Waals surface area contributed by atoms with Gasteiger partial charge >= 0.3 is 0 Å². The van der Waals surface area contributed by atoms with E-state index in [9.17, 15) is 0 Å². The Morgan fingerprint density at radius 3 is 2.62 bits per heavy atom. The smallest absolute Gasteiger partial charge is 0.185 e. The monoisotopic (exact) mass is 315 g/mol. The van der Waals surface area contributed by atoms with Gasteiger partial charge in [0.1, 0.15) is 0 Å². The summed E-state index contributed by atoms with van der Waals surface area (Å²) in [6, 6.07) is 0. The summed E-state index contributed by atoms with van der Waals surface area (Å²) in [6.07, 6.45) is 1.11. The average Bonchev–Trinajstić information content (AvgIpc) is 2.92. The van der Waals surface area contributed by atoms with Crippen molar-refractivity contribution in [3.63, 3.8) is 0 Å². The lowest BCUT2D eigenvalue weighted by atomic mass is 10.0. The van der Waals surface area contributed by atoms with Gasteiger partial charge in [-0.1, -0.05) is 13.8 Å². The Hall–Kier alpha value is -0.690. The molecule has 1 unspecified atom stereocenters. The molecule has 0 aliphatic carbocycles. The van der Waals surface area contributed by atoms with Crippen LogP contribution in [0.2, 0.25) is 0 Å². The topological polar surface area (TPSA) is 46.6 Å². The van der Waals surface area contributed by atoms with Gasteiger partial charge in [-0.2, -0.15) is 0 Å². The van der Waals surface area contributed by atoms with Crippen LogP contribution in [0.1, 0.15) is 36.8 Å². The van der Waals surface area contributed by atoms with E-state index < -0.39 is 0 Å². The number of nitrogens with one attached hydrogen (secondary N) is 1. The van der Waals surface area contributed by atoms with Gasteiger partial charge in [0.15, 0.2) is 5.13 Å². The molecule has 0 aliphatic rings. The molecule has 5 nitrogen and oxygen atoms in total. The van der Waals surface area contributed by atoms with Gasteiger partial charge < -0.3 is 19.7 Å². The molecule has 1 aromatic heterocycles. The molecule has 21 heavy (non-hydrogen) atoms. The molecule has 0 saturated heterocycles. The number of thiazole rings is 1. The van der Waals surface area contributed by atoms with Crippen LogP contribution in [-0.4, -0.2) is 52.6 Å². The first-order valence-electron chi connectivity index (χ1n) is 7.53. The van der Waals surface area contributed by atoms with Crippen molar-refractivity contribution in [1.29, 1.82) is 0 Å². The highest BCUT2D eigenvalue weighted by atomic mass is 32.1. The second-order valence-corrected chi connectivity index (χ2v) is 6.26. The number of ether oxygens (including phenoxy) is 2. The molecule has 0 bridgehead atoms. The van der Waals surface area contributed by atoms with E-state index in [-0.39, 0.29) is 0 Å². The molecular weight excluding hydrogens is 286 g/mol. The Bertz CT molecular complexity index is 398. The summed E-state index contributed by atoms with van der Waals surface area (Å²) in [4.78, 5) is 8.35. The standard InChI is InChI=1S/C15H29N3O2S/c1-6-12(2)14-13(11-16-7-9-19-4)21-15(17-14)18(3)8-10-20-5/h12,16H,6-11H2,1-5H3. The molecule has 1 aromatic rings. The zero-order valence-corrected chi connectivity index (χ0v) is 14.8. The molecule has 1 rings (SSSR count). The van der Waals surface area contributed by atoms with Gasteiger partial charge in [-0.3, -0.25) is 0 Å². The molecule has 0 amide bonds. The molecule has 1 heterocycles. The lowest BCUT2D eigenvalue weighted by molar-refractivity contribution is 0.199. The summed E-state index contributed by atoms with van der Waals surface area (Å²) in [6.45, 7) is 8.49. The van der Waals surface area contributed by atoms with Crippen molar-refractivity contribution < 1.29 is 9.47 Å². The second kappa shape index (κ2) is 10.1. The number of nitrogens with zero attached hydrogens (tertiary/aromatic N) is 2. The third kappa shape index (κ3) is 5.90. The van der Waals surface area contributed by atoms with Gasteiger partial charge in [-0.05, 0) is 12.3 Å². The van der Waals surface area contributed by atoms with Crippen molar-refractivity contribution in [1.82, 2.24) is 10.3 Å². The number of methoxy groups -OCH3 is 2. The Labute approximate surface area is 132 Å². The van der Waals surface area contributed by atoms with Gasteiger partial charge in [0.2, 0.25) is 0 Å². The molecule has 0 aliphatic heterocycles. The molecule has 0 saturated carbocycles. The summed E-state index contributed by atoms with van der Waals surface area (Å²) in [5, 5.41) is 4.49. The van der Waals surface area contributed by atoms with Crippen LogP contribution in [-0.2, 0) is 16.0 Å². The van der Waals surface area contributed by atoms with E-state index in [0.717, 1.165) is 44.4 Å². The maximum Gasteiger partial charge on any atom is 0.185 e. The highest BCUT2D eigenvalue weighted by Gasteiger charge is 2.17. The van der Waals surface area contributed by atoms with Crippen molar-refractivity contribution >= 4 is 16.5 Å². The van der Waals surface area contributed by atoms with E-state index >= 15 is 0 Å². The average molecular weight is 315 g/mol. The maximum atomic E-state index is 5.14. The highest BCUT2D eigenvalue weighted by Crippen LogP contribution is 2.31. The lowest BCUT2D eigenvalue weighted by Crippen LogP contribution is -2.21. The minimum Gasteiger partial charge on any atom is -0.383 e. The number of likely N-dealkylation sites (N-methyl/N-ethyl adjacent to an activating group) is 1. The van der Waals surface area contributed by atoms with Crippen molar-refractivity contribution in [3.8, 4) is 0 Å². The fourth-order valence-corrected chi connectivity index (χ4v) is 3.06. The van der Waals surface area contributed by atoms with Gasteiger partial charge in [0, 0.05) is 45.8 Å². The highest BCUT2D eigenvalue weighted by molar-refractivity contribution is 7.15. The van der Waals surface area contributed by atoms with E-state index in [0.29, 0.717) is 5.92 Å². The van der Waals surface area contributed by atoms with Crippen LogP contribution in [0.25, 0.3) is 0 Å². The molecule has 0 radical (unpaired) electrons. The van der Waals surface area contributed by atoms with Gasteiger partial charge in [-0.25, -0.2) is 4.98 Å². The normalized spacial score (nSPS) is 12.6. The minimum atomic E-state index is 0.491. The van der Waals surface area contributed by atoms with E-state index in [4.69, 9.17) is 14.5 Å². The third-order valence-corrected chi connectivity index (χ3v) is 4.71. The Morgan fingerprint density at radius 1 is 1.29 bits per heavy atom. The minimum absolute atomic E-state index is 0.491. The van der Waals surface area contributed by atoms with Crippen LogP contribution >= 0.6 is 11.3 Å². The summed E-state index contributed by atoms with van der Waals surface area (Å²) in [5.74, 6) is 0.491. The molecule has 1 N–H and O–H groups in total. The SMILES string of the molecule is CCC(C)c1nc(N(C)CCOC)sc1CNCCOC. The summed E-state index contributed by atoms with van der Waals surface area (Å²) in [7, 11) is 5.52. The predicted octanol–water partition coefficient (Wildman–Crippen LogP) is 2.48. The predicted molar refractivity (Wildman–Crippen MR) is 89.5 cm³/mol.